The van der Waals surface area contributed by atoms with Gasteiger partial charge in [0.15, 0.2) is 5.78 Å². The third-order valence-corrected chi connectivity index (χ3v) is 3.48. The molecule has 0 aromatic heterocycles. The first-order chi connectivity index (χ1) is 8.69. The van der Waals surface area contributed by atoms with Crippen LogP contribution in [0.3, 0.4) is 0 Å². The summed E-state index contributed by atoms with van der Waals surface area (Å²) < 4.78 is 4.92. The summed E-state index contributed by atoms with van der Waals surface area (Å²) in [4.78, 5) is 12.2. The Bertz CT molecular complexity index is 468. The Balaban J connectivity index is 2.44. The zero-order valence-electron chi connectivity index (χ0n) is 10.7. The van der Waals surface area contributed by atoms with Crippen LogP contribution in [0.4, 0.5) is 0 Å². The van der Waals surface area contributed by atoms with Crippen molar-refractivity contribution in [3.05, 3.63) is 28.3 Å². The molecule has 0 saturated heterocycles. The molecule has 4 nitrogen and oxygen atoms in total. The fourth-order valence-electron chi connectivity index (χ4n) is 2.57. The Morgan fingerprint density at radius 2 is 2.28 bits per heavy atom. The molecule has 1 aliphatic rings. The lowest BCUT2D eigenvalue weighted by Gasteiger charge is -2.13. The van der Waals surface area contributed by atoms with Crippen molar-refractivity contribution in [1.29, 1.82) is 0 Å². The van der Waals surface area contributed by atoms with Crippen molar-refractivity contribution in [1.82, 2.24) is 0 Å². The molecule has 1 aromatic carbocycles. The summed E-state index contributed by atoms with van der Waals surface area (Å²) in [6, 6.07) is 1.94. The molecule has 4 heteroatoms. The van der Waals surface area contributed by atoms with Crippen LogP contribution in [0.15, 0.2) is 6.07 Å². The number of hydrogen-bond acceptors (Lipinski definition) is 4. The Hall–Kier alpha value is -1.39. The molecule has 98 valence electrons. The number of phenols is 1. The van der Waals surface area contributed by atoms with Crippen molar-refractivity contribution < 1.29 is 14.6 Å². The van der Waals surface area contributed by atoms with E-state index < -0.39 is 0 Å². The van der Waals surface area contributed by atoms with E-state index in [0.717, 1.165) is 30.4 Å². The van der Waals surface area contributed by atoms with E-state index in [9.17, 15) is 9.90 Å². The van der Waals surface area contributed by atoms with Crippen LogP contribution >= 0.6 is 0 Å². The molecule has 2 rings (SSSR count). The summed E-state index contributed by atoms with van der Waals surface area (Å²) >= 11 is 0. The van der Waals surface area contributed by atoms with E-state index in [1.807, 2.05) is 6.07 Å². The number of phenolic OH excluding ortho intramolecular Hbond substituents is 1. The molecule has 0 atom stereocenters. The van der Waals surface area contributed by atoms with Gasteiger partial charge in [-0.3, -0.25) is 4.79 Å². The molecular formula is C14H19NO3. The first-order valence-corrected chi connectivity index (χ1v) is 6.27. The fraction of sp³-hybridized carbons (Fsp3) is 0.500. The third kappa shape index (κ3) is 2.26. The van der Waals surface area contributed by atoms with Gasteiger partial charge in [0, 0.05) is 25.6 Å². The smallest absolute Gasteiger partial charge is 0.169 e. The van der Waals surface area contributed by atoms with E-state index in [1.54, 1.807) is 7.11 Å². The SMILES string of the molecule is COCCC(=O)c1c(O)c(CN)cc2c1CCC2. The first kappa shape index (κ1) is 13.1. The first-order valence-electron chi connectivity index (χ1n) is 6.27. The number of nitrogens with two attached hydrogens (primary N) is 1. The quantitative estimate of drug-likeness (QED) is 0.777. The zero-order chi connectivity index (χ0) is 13.1. The van der Waals surface area contributed by atoms with Crippen LogP contribution < -0.4 is 5.73 Å². The lowest BCUT2D eigenvalue weighted by molar-refractivity contribution is 0.0928. The van der Waals surface area contributed by atoms with E-state index in [1.165, 1.54) is 0 Å². The number of aryl methyl sites for hydroxylation is 1. The molecule has 0 saturated carbocycles. The van der Waals surface area contributed by atoms with Gasteiger partial charge in [0.05, 0.1) is 12.2 Å². The number of Topliss-reactive ketones (excluding diaryl/α,β-unsaturated/α-hetero) is 1. The maximum atomic E-state index is 12.2. The summed E-state index contributed by atoms with van der Waals surface area (Å²) in [6.07, 6.45) is 3.16. The molecular weight excluding hydrogens is 230 g/mol. The predicted octanol–water partition coefficient (Wildman–Crippen LogP) is 1.56. The third-order valence-electron chi connectivity index (χ3n) is 3.48. The molecule has 0 unspecified atom stereocenters. The van der Waals surface area contributed by atoms with Gasteiger partial charge >= 0.3 is 0 Å². The molecule has 0 spiro atoms. The summed E-state index contributed by atoms with van der Waals surface area (Å²) in [7, 11) is 1.56. The topological polar surface area (TPSA) is 72.5 Å². The van der Waals surface area contributed by atoms with Crippen LogP contribution in [0.2, 0.25) is 0 Å². The standard InChI is InChI=1S/C14H19NO3/c1-18-6-5-12(16)13-11-4-2-3-9(11)7-10(8-15)14(13)17/h7,17H,2-6,8,15H2,1H3. The van der Waals surface area contributed by atoms with Crippen LogP contribution in [0.1, 0.15) is 39.9 Å². The summed E-state index contributed by atoms with van der Waals surface area (Å²) in [5, 5.41) is 10.2. The van der Waals surface area contributed by atoms with E-state index in [4.69, 9.17) is 10.5 Å². The van der Waals surface area contributed by atoms with Crippen LogP contribution in [-0.2, 0) is 24.1 Å². The lowest BCUT2D eigenvalue weighted by atomic mass is 9.94. The van der Waals surface area contributed by atoms with Crippen molar-refractivity contribution in [2.75, 3.05) is 13.7 Å². The minimum absolute atomic E-state index is 0.0530. The fourth-order valence-corrected chi connectivity index (χ4v) is 2.57. The minimum atomic E-state index is -0.0530. The molecule has 1 aromatic rings. The van der Waals surface area contributed by atoms with Crippen molar-refractivity contribution in [2.45, 2.75) is 32.2 Å². The Morgan fingerprint density at radius 1 is 1.50 bits per heavy atom. The second-order valence-electron chi connectivity index (χ2n) is 4.62. The number of fused-ring (bicyclic) bond motifs is 1. The molecule has 0 bridgehead atoms. The van der Waals surface area contributed by atoms with Gasteiger partial charge in [-0.2, -0.15) is 0 Å². The van der Waals surface area contributed by atoms with Gasteiger partial charge < -0.3 is 15.6 Å². The Kier molecular flexibility index (Phi) is 3.99. The minimum Gasteiger partial charge on any atom is -0.507 e. The number of carbonyl (C=O) groups is 1. The highest BCUT2D eigenvalue weighted by molar-refractivity contribution is 6.01. The van der Waals surface area contributed by atoms with Crippen molar-refractivity contribution in [3.8, 4) is 5.75 Å². The number of methoxy groups -OCH3 is 1. The van der Waals surface area contributed by atoms with Crippen LogP contribution in [0, 0.1) is 0 Å². The monoisotopic (exact) mass is 249 g/mol. The number of carbonyl (C=O) groups excluding carboxylic acids is 1. The normalized spacial score (nSPS) is 13.7. The van der Waals surface area contributed by atoms with Crippen LogP contribution in [0.25, 0.3) is 0 Å². The van der Waals surface area contributed by atoms with Gasteiger partial charge in [0.25, 0.3) is 0 Å². The van der Waals surface area contributed by atoms with E-state index in [-0.39, 0.29) is 18.1 Å². The van der Waals surface area contributed by atoms with Gasteiger partial charge in [-0.1, -0.05) is 6.07 Å². The average molecular weight is 249 g/mol. The maximum Gasteiger partial charge on any atom is 0.169 e. The maximum absolute atomic E-state index is 12.2. The highest BCUT2D eigenvalue weighted by Gasteiger charge is 2.24. The Morgan fingerprint density at radius 3 is 2.94 bits per heavy atom. The summed E-state index contributed by atoms with van der Waals surface area (Å²) in [5.74, 6) is 0.0158. The number of aromatic hydroxyl groups is 1. The van der Waals surface area contributed by atoms with Gasteiger partial charge in [-0.25, -0.2) is 0 Å². The molecule has 0 aliphatic heterocycles. The summed E-state index contributed by atoms with van der Waals surface area (Å²) in [5.41, 5.74) is 8.92. The van der Waals surface area contributed by atoms with E-state index in [0.29, 0.717) is 24.2 Å². The van der Waals surface area contributed by atoms with Gasteiger partial charge in [0.1, 0.15) is 5.75 Å². The van der Waals surface area contributed by atoms with Gasteiger partial charge in [-0.15, -0.1) is 0 Å². The highest BCUT2D eigenvalue weighted by Crippen LogP contribution is 2.35. The van der Waals surface area contributed by atoms with Crippen molar-refractivity contribution in [2.24, 2.45) is 5.73 Å². The molecule has 0 heterocycles. The van der Waals surface area contributed by atoms with Gasteiger partial charge in [0.2, 0.25) is 0 Å². The van der Waals surface area contributed by atoms with Crippen LogP contribution in [-0.4, -0.2) is 24.6 Å². The number of ketones is 1. The predicted molar refractivity (Wildman–Crippen MR) is 68.8 cm³/mol. The lowest BCUT2D eigenvalue weighted by Crippen LogP contribution is -2.10. The van der Waals surface area contributed by atoms with Crippen molar-refractivity contribution >= 4 is 5.78 Å². The molecule has 0 fully saturated rings. The number of hydrogen-bond donors (Lipinski definition) is 2. The van der Waals surface area contributed by atoms with Gasteiger partial charge in [-0.05, 0) is 30.4 Å². The highest BCUT2D eigenvalue weighted by atomic mass is 16.5. The number of benzene rings is 1. The average Bonchev–Trinajstić information content (AvgIpc) is 2.82. The molecule has 1 aliphatic carbocycles. The zero-order valence-corrected chi connectivity index (χ0v) is 10.7. The van der Waals surface area contributed by atoms with Crippen molar-refractivity contribution in [3.63, 3.8) is 0 Å². The molecule has 18 heavy (non-hydrogen) atoms. The summed E-state index contributed by atoms with van der Waals surface area (Å²) in [6.45, 7) is 0.629. The molecule has 3 N–H and O–H groups in total. The molecule has 0 amide bonds. The number of ether oxygens (including phenoxy) is 1. The second-order valence-corrected chi connectivity index (χ2v) is 4.62. The largest absolute Gasteiger partial charge is 0.507 e. The van der Waals surface area contributed by atoms with Crippen LogP contribution in [0.5, 0.6) is 5.75 Å². The van der Waals surface area contributed by atoms with E-state index >= 15 is 0 Å². The molecule has 0 radical (unpaired) electrons. The Labute approximate surface area is 107 Å². The second kappa shape index (κ2) is 5.50. The number of rotatable bonds is 5. The van der Waals surface area contributed by atoms with E-state index in [2.05, 4.69) is 0 Å².